The van der Waals surface area contributed by atoms with E-state index in [1.54, 1.807) is 5.38 Å². The zero-order chi connectivity index (χ0) is 21.0. The van der Waals surface area contributed by atoms with Gasteiger partial charge in [0, 0.05) is 11.6 Å². The van der Waals surface area contributed by atoms with Crippen LogP contribution in [0.5, 0.6) is 0 Å². The molecule has 0 fully saturated rings. The van der Waals surface area contributed by atoms with Crippen molar-refractivity contribution in [3.8, 4) is 0 Å². The molecule has 0 radical (unpaired) electrons. The molecule has 0 aliphatic carbocycles. The topological polar surface area (TPSA) is 59.1 Å². The quantitative estimate of drug-likeness (QED) is 0.448. The number of nitrogens with zero attached hydrogens (tertiary/aromatic N) is 1. The van der Waals surface area contributed by atoms with E-state index in [4.69, 9.17) is 11.6 Å². The second kappa shape index (κ2) is 9.24. The molecule has 29 heavy (non-hydrogen) atoms. The van der Waals surface area contributed by atoms with Gasteiger partial charge in [0.2, 0.25) is 0 Å². The minimum absolute atomic E-state index is 0.0779. The van der Waals surface area contributed by atoms with Gasteiger partial charge in [0.15, 0.2) is 9.84 Å². The number of anilines is 1. The number of thiazole rings is 1. The Hall–Kier alpha value is -1.96. The third-order valence-corrected chi connectivity index (χ3v) is 7.30. The molecule has 0 saturated heterocycles. The molecule has 1 atom stereocenters. The minimum atomic E-state index is -3.89. The Bertz CT molecular complexity index is 1060. The van der Waals surface area contributed by atoms with Crippen LogP contribution in [0.2, 0.25) is 5.02 Å². The summed E-state index contributed by atoms with van der Waals surface area (Å²) in [6.45, 7) is 4.21. The van der Waals surface area contributed by atoms with E-state index in [9.17, 15) is 12.8 Å². The van der Waals surface area contributed by atoms with E-state index in [1.165, 1.54) is 23.6 Å². The number of aromatic nitrogens is 1. The maximum atomic E-state index is 14.8. The summed E-state index contributed by atoms with van der Waals surface area (Å²) in [6.07, 6.45) is 2.33. The first-order valence-corrected chi connectivity index (χ1v) is 12.1. The molecular weight excluding hydrogens is 431 g/mol. The maximum Gasteiger partial charge on any atom is 0.187 e. The molecule has 0 aliphatic heterocycles. The fourth-order valence-corrected chi connectivity index (χ4v) is 5.69. The lowest BCUT2D eigenvalue weighted by Crippen LogP contribution is -2.14. The van der Waals surface area contributed by atoms with Crippen molar-refractivity contribution in [2.24, 2.45) is 5.92 Å². The molecule has 8 heteroatoms. The highest BCUT2D eigenvalue weighted by atomic mass is 35.5. The molecule has 0 amide bonds. The van der Waals surface area contributed by atoms with E-state index >= 15 is 0 Å². The standard InChI is InChI=1S/C21H22ClFN2O2S2/c1-14(2)10-18(15-6-4-3-5-7-15)25-19-12-17(23)20(11-16(19)22)29(26,27)13-21-24-8-9-28-21/h3-9,11-12,14,18,25H,10,13H2,1-2H3/t18-/m0/s1. The van der Waals surface area contributed by atoms with Crippen LogP contribution >= 0.6 is 22.9 Å². The van der Waals surface area contributed by atoms with Crippen molar-refractivity contribution in [1.82, 2.24) is 4.98 Å². The van der Waals surface area contributed by atoms with Gasteiger partial charge in [-0.2, -0.15) is 0 Å². The second-order valence-electron chi connectivity index (χ2n) is 7.18. The first-order valence-electron chi connectivity index (χ1n) is 9.18. The molecule has 154 valence electrons. The molecule has 3 aromatic rings. The lowest BCUT2D eigenvalue weighted by atomic mass is 9.97. The number of rotatable bonds is 8. The lowest BCUT2D eigenvalue weighted by molar-refractivity contribution is 0.530. The van der Waals surface area contributed by atoms with Crippen molar-refractivity contribution in [2.45, 2.75) is 37.0 Å². The highest BCUT2D eigenvalue weighted by molar-refractivity contribution is 7.90. The van der Waals surface area contributed by atoms with Crippen LogP contribution in [0, 0.1) is 11.7 Å². The molecule has 0 bridgehead atoms. The predicted octanol–water partition coefficient (Wildman–Crippen LogP) is 6.11. The Morgan fingerprint density at radius 1 is 1.21 bits per heavy atom. The first-order chi connectivity index (χ1) is 13.8. The summed E-state index contributed by atoms with van der Waals surface area (Å²) in [5, 5.41) is 5.53. The lowest BCUT2D eigenvalue weighted by Gasteiger charge is -2.23. The Kier molecular flexibility index (Phi) is 6.93. The zero-order valence-corrected chi connectivity index (χ0v) is 18.5. The fraction of sp³-hybridized carbons (Fsp3) is 0.286. The van der Waals surface area contributed by atoms with E-state index in [0.717, 1.165) is 18.1 Å². The van der Waals surface area contributed by atoms with Crippen LogP contribution < -0.4 is 5.32 Å². The summed E-state index contributed by atoms with van der Waals surface area (Å²) in [5.74, 6) is -0.788. The van der Waals surface area contributed by atoms with E-state index in [2.05, 4.69) is 24.1 Å². The van der Waals surface area contributed by atoms with Crippen LogP contribution in [0.25, 0.3) is 0 Å². The molecule has 1 N–H and O–H groups in total. The van der Waals surface area contributed by atoms with Gasteiger partial charge >= 0.3 is 0 Å². The predicted molar refractivity (Wildman–Crippen MR) is 117 cm³/mol. The van der Waals surface area contributed by atoms with Crippen molar-refractivity contribution in [3.63, 3.8) is 0 Å². The molecule has 3 rings (SSSR count). The van der Waals surface area contributed by atoms with Gasteiger partial charge in [0.1, 0.15) is 21.5 Å². The molecular formula is C21H22ClFN2O2S2. The summed E-state index contributed by atoms with van der Waals surface area (Å²) >= 11 is 7.56. The minimum Gasteiger partial charge on any atom is -0.377 e. The maximum absolute atomic E-state index is 14.8. The van der Waals surface area contributed by atoms with Gasteiger partial charge < -0.3 is 5.32 Å². The third kappa shape index (κ3) is 5.56. The average Bonchev–Trinajstić information content (AvgIpc) is 3.16. The highest BCUT2D eigenvalue weighted by Gasteiger charge is 2.24. The van der Waals surface area contributed by atoms with Gasteiger partial charge in [-0.05, 0) is 30.0 Å². The number of hydrogen-bond donors (Lipinski definition) is 1. The SMILES string of the molecule is CC(C)C[C@H](Nc1cc(F)c(S(=O)(=O)Cc2nccs2)cc1Cl)c1ccccc1. The Morgan fingerprint density at radius 2 is 1.93 bits per heavy atom. The van der Waals surface area contributed by atoms with Crippen LogP contribution in [0.15, 0.2) is 58.9 Å². The van der Waals surface area contributed by atoms with Gasteiger partial charge in [-0.15, -0.1) is 11.3 Å². The van der Waals surface area contributed by atoms with E-state index < -0.39 is 20.5 Å². The Balaban J connectivity index is 1.90. The summed E-state index contributed by atoms with van der Waals surface area (Å²) in [5.41, 5.74) is 1.42. The van der Waals surface area contributed by atoms with Gasteiger partial charge in [-0.1, -0.05) is 55.8 Å². The highest BCUT2D eigenvalue weighted by Crippen LogP contribution is 2.34. The molecule has 1 heterocycles. The number of hydrogen-bond acceptors (Lipinski definition) is 5. The number of nitrogens with one attached hydrogen (secondary N) is 1. The Morgan fingerprint density at radius 3 is 2.55 bits per heavy atom. The molecule has 0 spiro atoms. The van der Waals surface area contributed by atoms with Crippen molar-refractivity contribution in [3.05, 3.63) is 75.5 Å². The van der Waals surface area contributed by atoms with Crippen molar-refractivity contribution in [1.29, 1.82) is 0 Å². The number of benzene rings is 2. The monoisotopic (exact) mass is 452 g/mol. The summed E-state index contributed by atoms with van der Waals surface area (Å²) in [7, 11) is -3.89. The van der Waals surface area contributed by atoms with E-state index in [0.29, 0.717) is 16.6 Å². The van der Waals surface area contributed by atoms with Crippen LogP contribution in [0.3, 0.4) is 0 Å². The number of halogens is 2. The summed E-state index contributed by atoms with van der Waals surface area (Å²) in [6, 6.07) is 12.1. The van der Waals surface area contributed by atoms with Crippen molar-refractivity contribution >= 4 is 38.5 Å². The molecule has 0 unspecified atom stereocenters. The molecule has 0 saturated carbocycles. The van der Waals surface area contributed by atoms with E-state index in [-0.39, 0.29) is 16.8 Å². The van der Waals surface area contributed by atoms with Crippen molar-refractivity contribution < 1.29 is 12.8 Å². The van der Waals surface area contributed by atoms with Gasteiger partial charge in [-0.3, -0.25) is 0 Å². The van der Waals surface area contributed by atoms with Crippen LogP contribution in [0.4, 0.5) is 10.1 Å². The van der Waals surface area contributed by atoms with E-state index in [1.807, 2.05) is 30.3 Å². The molecule has 4 nitrogen and oxygen atoms in total. The van der Waals surface area contributed by atoms with Crippen LogP contribution in [-0.4, -0.2) is 13.4 Å². The molecule has 0 aliphatic rings. The molecule has 1 aromatic heterocycles. The smallest absolute Gasteiger partial charge is 0.187 e. The van der Waals surface area contributed by atoms with Gasteiger partial charge in [0.05, 0.1) is 16.8 Å². The van der Waals surface area contributed by atoms with Crippen molar-refractivity contribution in [2.75, 3.05) is 5.32 Å². The second-order valence-corrected chi connectivity index (χ2v) is 10.5. The average molecular weight is 453 g/mol. The van der Waals surface area contributed by atoms with Crippen LogP contribution in [-0.2, 0) is 15.6 Å². The zero-order valence-electron chi connectivity index (χ0n) is 16.1. The van der Waals surface area contributed by atoms with Crippen LogP contribution in [0.1, 0.15) is 36.9 Å². The fourth-order valence-electron chi connectivity index (χ4n) is 3.06. The normalized spacial score (nSPS) is 12.9. The molecule has 2 aromatic carbocycles. The first kappa shape index (κ1) is 21.7. The third-order valence-electron chi connectivity index (χ3n) is 4.39. The largest absolute Gasteiger partial charge is 0.377 e. The Labute approximate surface area is 179 Å². The summed E-state index contributed by atoms with van der Waals surface area (Å²) < 4.78 is 40.0. The number of sulfone groups is 1. The van der Waals surface area contributed by atoms with Gasteiger partial charge in [0.25, 0.3) is 0 Å². The van der Waals surface area contributed by atoms with Gasteiger partial charge in [-0.25, -0.2) is 17.8 Å². The summed E-state index contributed by atoms with van der Waals surface area (Å²) in [4.78, 5) is 3.56.